The highest BCUT2D eigenvalue weighted by Gasteiger charge is 2.34. The first-order valence-corrected chi connectivity index (χ1v) is 7.96. The third-order valence-electron chi connectivity index (χ3n) is 3.86. The summed E-state index contributed by atoms with van der Waals surface area (Å²) in [6.07, 6.45) is 2.79. The summed E-state index contributed by atoms with van der Waals surface area (Å²) in [5, 5.41) is 9.11. The van der Waals surface area contributed by atoms with Gasteiger partial charge < -0.3 is 14.9 Å². The maximum absolute atomic E-state index is 12.1. The number of nitrogens with zero attached hydrogens (tertiary/aromatic N) is 2. The molecule has 0 fully saturated rings. The fourth-order valence-electron chi connectivity index (χ4n) is 2.07. The second-order valence-electron chi connectivity index (χ2n) is 6.05. The summed E-state index contributed by atoms with van der Waals surface area (Å²) in [6, 6.07) is 0. The molecule has 0 unspecified atom stereocenters. The molecule has 0 aliphatic heterocycles. The van der Waals surface area contributed by atoms with E-state index in [1.165, 1.54) is 25.8 Å². The molecular formula is C16H30N2O4. The first kappa shape index (κ1) is 20.4. The fourth-order valence-corrected chi connectivity index (χ4v) is 2.07. The van der Waals surface area contributed by atoms with Gasteiger partial charge in [-0.3, -0.25) is 9.59 Å². The minimum absolute atomic E-state index is 0.0663. The van der Waals surface area contributed by atoms with Crippen LogP contribution >= 0.6 is 0 Å². The normalized spacial score (nSPS) is 11.1. The molecule has 0 aliphatic carbocycles. The van der Waals surface area contributed by atoms with Crippen LogP contribution in [0.15, 0.2) is 0 Å². The Morgan fingerprint density at radius 2 is 1.41 bits per heavy atom. The van der Waals surface area contributed by atoms with Gasteiger partial charge in [0.1, 0.15) is 5.54 Å². The maximum atomic E-state index is 12.1. The second-order valence-corrected chi connectivity index (χ2v) is 6.05. The number of amides is 2. The minimum atomic E-state index is -1.24. The number of likely N-dealkylation sites (N-methyl/N-ethyl adjacent to an activating group) is 1. The smallest absolute Gasteiger partial charge is 0.329 e. The number of aliphatic carboxylic acids is 1. The Balaban J connectivity index is 4.37. The number of carbonyl (C=O) groups excluding carboxylic acids is 2. The monoisotopic (exact) mass is 314 g/mol. The lowest BCUT2D eigenvalue weighted by Gasteiger charge is -2.31. The van der Waals surface area contributed by atoms with Gasteiger partial charge in [0.25, 0.3) is 0 Å². The van der Waals surface area contributed by atoms with Crippen molar-refractivity contribution in [3.63, 3.8) is 0 Å². The van der Waals surface area contributed by atoms with Crippen LogP contribution in [-0.4, -0.2) is 58.4 Å². The number of hydrogen-bond donors (Lipinski definition) is 1. The maximum Gasteiger partial charge on any atom is 0.329 e. The third kappa shape index (κ3) is 6.03. The molecule has 1 N–H and O–H groups in total. The van der Waals surface area contributed by atoms with Gasteiger partial charge in [0.15, 0.2) is 0 Å². The molecule has 0 spiro atoms. The van der Waals surface area contributed by atoms with E-state index in [-0.39, 0.29) is 18.2 Å². The van der Waals surface area contributed by atoms with Crippen molar-refractivity contribution < 1.29 is 19.5 Å². The molecule has 0 saturated heterocycles. The van der Waals surface area contributed by atoms with Crippen LogP contribution in [0.5, 0.6) is 0 Å². The first-order valence-electron chi connectivity index (χ1n) is 7.96. The van der Waals surface area contributed by atoms with Crippen LogP contribution in [-0.2, 0) is 14.4 Å². The van der Waals surface area contributed by atoms with Crippen LogP contribution < -0.4 is 0 Å². The van der Waals surface area contributed by atoms with Gasteiger partial charge in [0.05, 0.1) is 0 Å². The summed E-state index contributed by atoms with van der Waals surface area (Å²) in [4.78, 5) is 38.3. The molecule has 0 aromatic heterocycles. The zero-order valence-electron chi connectivity index (χ0n) is 14.5. The summed E-state index contributed by atoms with van der Waals surface area (Å²) in [5.74, 6) is -1.23. The van der Waals surface area contributed by atoms with Gasteiger partial charge in [-0.2, -0.15) is 0 Å². The van der Waals surface area contributed by atoms with E-state index in [1.807, 2.05) is 18.7 Å². The highest BCUT2D eigenvalue weighted by atomic mass is 16.4. The largest absolute Gasteiger partial charge is 0.480 e. The summed E-state index contributed by atoms with van der Waals surface area (Å²) >= 11 is 0. The fraction of sp³-hybridized carbons (Fsp3) is 0.812. The van der Waals surface area contributed by atoms with E-state index in [0.717, 1.165) is 25.9 Å². The lowest BCUT2D eigenvalue weighted by molar-refractivity contribution is -0.155. The van der Waals surface area contributed by atoms with Crippen molar-refractivity contribution in [1.82, 2.24) is 9.80 Å². The molecule has 0 bridgehead atoms. The first-order chi connectivity index (χ1) is 10.2. The van der Waals surface area contributed by atoms with Crippen molar-refractivity contribution in [2.45, 2.75) is 65.3 Å². The van der Waals surface area contributed by atoms with Gasteiger partial charge in [0.2, 0.25) is 11.8 Å². The molecule has 2 amide bonds. The molecule has 0 aromatic rings. The van der Waals surface area contributed by atoms with Gasteiger partial charge in [-0.25, -0.2) is 4.79 Å². The molecule has 6 heteroatoms. The van der Waals surface area contributed by atoms with Gasteiger partial charge in [-0.15, -0.1) is 0 Å². The zero-order chi connectivity index (χ0) is 17.3. The van der Waals surface area contributed by atoms with Gasteiger partial charge in [0, 0.05) is 33.0 Å². The number of hydrogen-bond acceptors (Lipinski definition) is 3. The van der Waals surface area contributed by atoms with E-state index in [2.05, 4.69) is 0 Å². The summed E-state index contributed by atoms with van der Waals surface area (Å²) in [5.41, 5.74) is -1.24. The number of carbonyl (C=O) groups is 3. The Morgan fingerprint density at radius 1 is 0.955 bits per heavy atom. The molecular weight excluding hydrogens is 284 g/mol. The molecule has 0 aliphatic rings. The quantitative estimate of drug-likeness (QED) is 0.670. The van der Waals surface area contributed by atoms with Crippen molar-refractivity contribution >= 4 is 17.8 Å². The molecule has 0 heterocycles. The summed E-state index contributed by atoms with van der Waals surface area (Å²) < 4.78 is 0. The number of carboxylic acids is 1. The average molecular weight is 314 g/mol. The molecule has 0 rings (SSSR count). The Bertz CT molecular complexity index is 388. The highest BCUT2D eigenvalue weighted by Crippen LogP contribution is 2.15. The standard InChI is InChI=1S/C16H30N2O4/c1-6-11-18(12-7-2)14(20)10-8-9-13(19)17(5)16(3,4)15(21)22/h6-12H2,1-5H3,(H,21,22). The molecule has 0 radical (unpaired) electrons. The van der Waals surface area contributed by atoms with Crippen LogP contribution in [0.2, 0.25) is 0 Å². The Labute approximate surface area is 133 Å². The van der Waals surface area contributed by atoms with E-state index in [1.54, 1.807) is 0 Å². The van der Waals surface area contributed by atoms with Crippen molar-refractivity contribution in [2.24, 2.45) is 0 Å². The van der Waals surface area contributed by atoms with Crippen LogP contribution in [0.4, 0.5) is 0 Å². The van der Waals surface area contributed by atoms with Gasteiger partial charge in [-0.05, 0) is 33.1 Å². The predicted octanol–water partition coefficient (Wildman–Crippen LogP) is 2.13. The number of rotatable bonds is 10. The Hall–Kier alpha value is -1.59. The second kappa shape index (κ2) is 9.43. The zero-order valence-corrected chi connectivity index (χ0v) is 14.5. The van der Waals surface area contributed by atoms with E-state index < -0.39 is 11.5 Å². The van der Waals surface area contributed by atoms with Crippen molar-refractivity contribution in [3.05, 3.63) is 0 Å². The van der Waals surface area contributed by atoms with Crippen LogP contribution in [0.3, 0.4) is 0 Å². The molecule has 0 atom stereocenters. The Morgan fingerprint density at radius 3 is 1.82 bits per heavy atom. The number of carboxylic acid groups (broad SMARTS) is 1. The van der Waals surface area contributed by atoms with Crippen LogP contribution in [0.1, 0.15) is 59.8 Å². The van der Waals surface area contributed by atoms with E-state index in [9.17, 15) is 14.4 Å². The molecule has 6 nitrogen and oxygen atoms in total. The average Bonchev–Trinajstić information content (AvgIpc) is 2.45. The van der Waals surface area contributed by atoms with E-state index in [4.69, 9.17) is 5.11 Å². The van der Waals surface area contributed by atoms with Gasteiger partial charge >= 0.3 is 5.97 Å². The lowest BCUT2D eigenvalue weighted by Crippen LogP contribution is -2.50. The topological polar surface area (TPSA) is 77.9 Å². The SMILES string of the molecule is CCCN(CCC)C(=O)CCCC(=O)N(C)C(C)(C)C(=O)O. The van der Waals surface area contributed by atoms with Crippen molar-refractivity contribution in [1.29, 1.82) is 0 Å². The van der Waals surface area contributed by atoms with Crippen LogP contribution in [0, 0.1) is 0 Å². The summed E-state index contributed by atoms with van der Waals surface area (Å²) in [6.45, 7) is 8.52. The molecule has 0 saturated carbocycles. The van der Waals surface area contributed by atoms with E-state index in [0.29, 0.717) is 12.8 Å². The minimum Gasteiger partial charge on any atom is -0.480 e. The third-order valence-corrected chi connectivity index (χ3v) is 3.86. The van der Waals surface area contributed by atoms with Gasteiger partial charge in [-0.1, -0.05) is 13.8 Å². The lowest BCUT2D eigenvalue weighted by atomic mass is 10.0. The molecule has 22 heavy (non-hydrogen) atoms. The van der Waals surface area contributed by atoms with Crippen LogP contribution in [0.25, 0.3) is 0 Å². The van der Waals surface area contributed by atoms with Crippen molar-refractivity contribution in [2.75, 3.05) is 20.1 Å². The predicted molar refractivity (Wildman–Crippen MR) is 85.5 cm³/mol. The van der Waals surface area contributed by atoms with E-state index >= 15 is 0 Å². The van der Waals surface area contributed by atoms with Crippen molar-refractivity contribution in [3.8, 4) is 0 Å². The molecule has 128 valence electrons. The Kier molecular flexibility index (Phi) is 8.75. The molecule has 0 aromatic carbocycles. The summed E-state index contributed by atoms with van der Waals surface area (Å²) in [7, 11) is 1.48. The highest BCUT2D eigenvalue weighted by molar-refractivity contribution is 5.86.